The lowest BCUT2D eigenvalue weighted by Gasteiger charge is -2.16. The van der Waals surface area contributed by atoms with Crippen molar-refractivity contribution in [3.05, 3.63) is 107 Å². The summed E-state index contributed by atoms with van der Waals surface area (Å²) in [5.41, 5.74) is 7.92. The molecule has 37 heavy (non-hydrogen) atoms. The van der Waals surface area contributed by atoms with Crippen molar-refractivity contribution in [1.82, 2.24) is 0 Å². The van der Waals surface area contributed by atoms with E-state index in [1.165, 1.54) is 27.8 Å². The lowest BCUT2D eigenvalue weighted by Crippen LogP contribution is -2.29. The van der Waals surface area contributed by atoms with E-state index in [9.17, 15) is 4.79 Å². The smallest absolute Gasteiger partial charge is 0.335 e. The zero-order valence-corrected chi connectivity index (χ0v) is 22.1. The minimum absolute atomic E-state index is 0.302. The Bertz CT molecular complexity index is 1130. The van der Waals surface area contributed by atoms with Crippen LogP contribution in [0.15, 0.2) is 78.9 Å². The summed E-state index contributed by atoms with van der Waals surface area (Å²) in [6.45, 7) is 5.38. The van der Waals surface area contributed by atoms with Crippen LogP contribution in [0.25, 0.3) is 5.57 Å². The number of carbonyl (C=O) groups is 1. The first kappa shape index (κ1) is 26.7. The fourth-order valence-electron chi connectivity index (χ4n) is 4.80. The van der Waals surface area contributed by atoms with Crippen molar-refractivity contribution in [2.75, 3.05) is 19.8 Å². The van der Waals surface area contributed by atoms with Gasteiger partial charge in [-0.25, -0.2) is 4.79 Å². The highest BCUT2D eigenvalue weighted by Gasteiger charge is 2.21. The van der Waals surface area contributed by atoms with Crippen molar-refractivity contribution in [1.29, 1.82) is 0 Å². The van der Waals surface area contributed by atoms with Crippen molar-refractivity contribution in [2.45, 2.75) is 58.5 Å². The Balaban J connectivity index is 1.33. The van der Waals surface area contributed by atoms with Crippen molar-refractivity contribution in [2.24, 2.45) is 0 Å². The maximum atomic E-state index is 12.2. The lowest BCUT2D eigenvalue weighted by atomic mass is 9.93. The van der Waals surface area contributed by atoms with E-state index in [0.29, 0.717) is 26.2 Å². The summed E-state index contributed by atoms with van der Waals surface area (Å²) < 4.78 is 16.9. The number of allylic oxidation sites excluding steroid dienone is 1. The largest absolute Gasteiger partial charge is 0.494 e. The second-order valence-electron chi connectivity index (χ2n) is 9.38. The van der Waals surface area contributed by atoms with E-state index in [1.807, 2.05) is 38.1 Å². The predicted molar refractivity (Wildman–Crippen MR) is 149 cm³/mol. The molecule has 0 aliphatic heterocycles. The Morgan fingerprint density at radius 3 is 2.14 bits per heavy atom. The second kappa shape index (κ2) is 13.8. The number of aryl methyl sites for hydroxylation is 2. The Morgan fingerprint density at radius 1 is 0.865 bits per heavy atom. The molecule has 0 heterocycles. The van der Waals surface area contributed by atoms with Crippen LogP contribution in [-0.2, 0) is 33.5 Å². The van der Waals surface area contributed by atoms with Crippen LogP contribution in [-0.4, -0.2) is 31.9 Å². The number of fused-ring (bicyclic) bond motifs is 2. The molecule has 4 nitrogen and oxygen atoms in total. The fraction of sp³-hybridized carbons (Fsp3) is 0.364. The third-order valence-corrected chi connectivity index (χ3v) is 6.66. The monoisotopic (exact) mass is 498 g/mol. The third-order valence-electron chi connectivity index (χ3n) is 6.66. The van der Waals surface area contributed by atoms with E-state index in [0.717, 1.165) is 43.4 Å². The Morgan fingerprint density at radius 2 is 1.51 bits per heavy atom. The molecule has 1 aliphatic rings. The molecule has 0 amide bonds. The average Bonchev–Trinajstić information content (AvgIpc) is 3.09. The highest BCUT2D eigenvalue weighted by molar-refractivity contribution is 5.83. The summed E-state index contributed by atoms with van der Waals surface area (Å²) in [5, 5.41) is 0. The molecule has 0 saturated carbocycles. The van der Waals surface area contributed by atoms with Crippen LogP contribution in [0.3, 0.4) is 0 Å². The van der Waals surface area contributed by atoms with E-state index >= 15 is 0 Å². The van der Waals surface area contributed by atoms with Gasteiger partial charge in [-0.1, -0.05) is 73.7 Å². The first-order valence-corrected chi connectivity index (χ1v) is 13.6. The fourth-order valence-corrected chi connectivity index (χ4v) is 4.80. The summed E-state index contributed by atoms with van der Waals surface area (Å²) in [5.74, 6) is 0.535. The van der Waals surface area contributed by atoms with Gasteiger partial charge in [-0.3, -0.25) is 0 Å². The number of esters is 1. The van der Waals surface area contributed by atoms with Gasteiger partial charge in [0.05, 0.1) is 13.2 Å². The Hall–Kier alpha value is -3.37. The van der Waals surface area contributed by atoms with Crippen LogP contribution in [0.2, 0.25) is 0 Å². The van der Waals surface area contributed by atoms with E-state index in [-0.39, 0.29) is 5.97 Å². The van der Waals surface area contributed by atoms with Crippen LogP contribution in [0, 0.1) is 0 Å². The summed E-state index contributed by atoms with van der Waals surface area (Å²) in [6.07, 6.45) is 7.20. The molecule has 1 unspecified atom stereocenters. The van der Waals surface area contributed by atoms with Crippen LogP contribution in [0.5, 0.6) is 5.75 Å². The van der Waals surface area contributed by atoms with Crippen LogP contribution in [0.4, 0.5) is 0 Å². The summed E-state index contributed by atoms with van der Waals surface area (Å²) in [7, 11) is 0. The molecule has 0 fully saturated rings. The minimum atomic E-state index is -0.570. The van der Waals surface area contributed by atoms with E-state index < -0.39 is 6.10 Å². The molecule has 4 heteroatoms. The second-order valence-corrected chi connectivity index (χ2v) is 9.38. The van der Waals surface area contributed by atoms with Gasteiger partial charge >= 0.3 is 5.97 Å². The molecular weight excluding hydrogens is 460 g/mol. The maximum Gasteiger partial charge on any atom is 0.335 e. The molecule has 1 atom stereocenters. The zero-order chi connectivity index (χ0) is 25.9. The zero-order valence-electron chi connectivity index (χ0n) is 22.1. The van der Waals surface area contributed by atoms with E-state index in [4.69, 9.17) is 14.2 Å². The highest BCUT2D eigenvalue weighted by atomic mass is 16.6. The van der Waals surface area contributed by atoms with Crippen LogP contribution in [0.1, 0.15) is 60.9 Å². The summed E-state index contributed by atoms with van der Waals surface area (Å²) in [4.78, 5) is 12.2. The Labute approximate surface area is 221 Å². The first-order chi connectivity index (χ1) is 18.2. The molecule has 0 spiro atoms. The van der Waals surface area contributed by atoms with E-state index in [1.54, 1.807) is 0 Å². The van der Waals surface area contributed by atoms with Crippen molar-refractivity contribution >= 4 is 11.5 Å². The molecule has 0 aromatic heterocycles. The van der Waals surface area contributed by atoms with Crippen molar-refractivity contribution in [3.63, 3.8) is 0 Å². The third kappa shape index (κ3) is 7.33. The lowest BCUT2D eigenvalue weighted by molar-refractivity contribution is -0.156. The van der Waals surface area contributed by atoms with Gasteiger partial charge in [0.15, 0.2) is 6.10 Å². The van der Waals surface area contributed by atoms with Gasteiger partial charge in [0.1, 0.15) is 5.75 Å². The van der Waals surface area contributed by atoms with Crippen LogP contribution < -0.4 is 4.74 Å². The van der Waals surface area contributed by atoms with Gasteiger partial charge in [-0.15, -0.1) is 0 Å². The molecular formula is C33H38O4. The number of unbranched alkanes of at least 4 members (excludes halogenated alkanes) is 1. The quantitative estimate of drug-likeness (QED) is 0.200. The number of benzene rings is 3. The number of ether oxygens (including phenoxy) is 3. The molecule has 0 bridgehead atoms. The van der Waals surface area contributed by atoms with Gasteiger partial charge in [-0.05, 0) is 84.6 Å². The molecule has 3 aromatic carbocycles. The number of hydrogen-bond acceptors (Lipinski definition) is 4. The summed E-state index contributed by atoms with van der Waals surface area (Å²) in [6, 6.07) is 25.5. The molecule has 194 valence electrons. The predicted octanol–water partition coefficient (Wildman–Crippen LogP) is 6.98. The van der Waals surface area contributed by atoms with Crippen molar-refractivity contribution < 1.29 is 19.0 Å². The van der Waals surface area contributed by atoms with Crippen molar-refractivity contribution in [3.8, 4) is 5.75 Å². The highest BCUT2D eigenvalue weighted by Crippen LogP contribution is 2.33. The van der Waals surface area contributed by atoms with Gasteiger partial charge in [-0.2, -0.15) is 0 Å². The van der Waals surface area contributed by atoms with Gasteiger partial charge < -0.3 is 14.2 Å². The van der Waals surface area contributed by atoms with E-state index in [2.05, 4.69) is 54.6 Å². The van der Waals surface area contributed by atoms with Gasteiger partial charge in [0.2, 0.25) is 0 Å². The normalized spacial score (nSPS) is 13.2. The van der Waals surface area contributed by atoms with Gasteiger partial charge in [0.25, 0.3) is 0 Å². The SMILES string of the molecule is CCCOC(Cc1ccc(OCCCC=C2c3ccccc3CCc3ccccc32)cc1)C(=O)OCC. The standard InChI is InChI=1S/C33H38O4/c1-3-22-37-32(33(34)35-4-2)24-25-16-20-28(21-17-25)36-23-10-9-15-31-29-13-7-5-11-26(29)18-19-27-12-6-8-14-30(27)31/h5-8,11-17,20-21,32H,3-4,9-10,18-19,22-24H2,1-2H3. The molecule has 4 rings (SSSR count). The molecule has 0 N–H and O–H groups in total. The molecule has 1 aliphatic carbocycles. The maximum absolute atomic E-state index is 12.2. The Kier molecular flexibility index (Phi) is 9.96. The topological polar surface area (TPSA) is 44.8 Å². The van der Waals surface area contributed by atoms with Crippen LogP contribution >= 0.6 is 0 Å². The number of hydrogen-bond donors (Lipinski definition) is 0. The first-order valence-electron chi connectivity index (χ1n) is 13.6. The molecule has 3 aromatic rings. The molecule has 0 saturated heterocycles. The molecule has 0 radical (unpaired) electrons. The average molecular weight is 499 g/mol. The van der Waals surface area contributed by atoms with Gasteiger partial charge in [0, 0.05) is 13.0 Å². The summed E-state index contributed by atoms with van der Waals surface area (Å²) >= 11 is 0. The number of carbonyl (C=O) groups excluding carboxylic acids is 1. The minimum Gasteiger partial charge on any atom is -0.494 e. The number of rotatable bonds is 12.